The van der Waals surface area contributed by atoms with Crippen LogP contribution in [-0.2, 0) is 27.8 Å². The molecule has 3 aromatic rings. The number of nitrogens with zero attached hydrogens (tertiary/aromatic N) is 3. The summed E-state index contributed by atoms with van der Waals surface area (Å²) in [6.45, 7) is 5.38. The molecule has 2 heterocycles. The summed E-state index contributed by atoms with van der Waals surface area (Å²) in [7, 11) is -1.86. The Morgan fingerprint density at radius 2 is 1.88 bits per heavy atom. The standard InChI is InChI=1S/C29H35ClN4O5S/c1-20-16-34(21(2)19-35)29(36)15-23-14-25(32-40(37,38)26-7-4-24(30)5-8-26)6-9-27(23)39-28(20)18-33(3)17-22-10-12-31-13-11-22/h4-14,20-21,28,32,35H,15-19H2,1-3H3/t20-,21+,28+/m0/s1. The van der Waals surface area contributed by atoms with E-state index < -0.39 is 10.0 Å². The number of aliphatic hydroxyl groups excluding tert-OH is 1. The molecule has 2 aromatic carbocycles. The van der Waals surface area contributed by atoms with E-state index in [0.29, 0.717) is 41.7 Å². The van der Waals surface area contributed by atoms with Gasteiger partial charge in [0.2, 0.25) is 5.91 Å². The van der Waals surface area contributed by atoms with Gasteiger partial charge < -0.3 is 14.7 Å². The number of amides is 1. The predicted octanol–water partition coefficient (Wildman–Crippen LogP) is 3.82. The third-order valence-corrected chi connectivity index (χ3v) is 8.64. The van der Waals surface area contributed by atoms with E-state index >= 15 is 0 Å². The smallest absolute Gasteiger partial charge is 0.261 e. The van der Waals surface area contributed by atoms with E-state index in [1.54, 1.807) is 35.5 Å². The zero-order chi connectivity index (χ0) is 28.9. The maximum atomic E-state index is 13.4. The third-order valence-electron chi connectivity index (χ3n) is 6.99. The zero-order valence-electron chi connectivity index (χ0n) is 22.8. The van der Waals surface area contributed by atoms with Gasteiger partial charge in [0.1, 0.15) is 11.9 Å². The number of likely N-dealkylation sites (N-methyl/N-ethyl adjacent to an activating group) is 1. The highest BCUT2D eigenvalue weighted by Crippen LogP contribution is 2.30. The summed E-state index contributed by atoms with van der Waals surface area (Å²) >= 11 is 5.91. The first-order chi connectivity index (χ1) is 19.1. The molecule has 0 saturated heterocycles. The van der Waals surface area contributed by atoms with Crippen LogP contribution >= 0.6 is 11.6 Å². The summed E-state index contributed by atoms with van der Waals surface area (Å²) in [4.78, 5) is 21.4. The lowest BCUT2D eigenvalue weighted by atomic mass is 10.0. The molecule has 3 atom stereocenters. The minimum atomic E-state index is -3.88. The molecule has 214 valence electrons. The molecule has 0 bridgehead atoms. The monoisotopic (exact) mass is 586 g/mol. The first kappa shape index (κ1) is 29.8. The van der Waals surface area contributed by atoms with Crippen molar-refractivity contribution in [2.75, 3.05) is 31.5 Å². The molecule has 9 nitrogen and oxygen atoms in total. The summed E-state index contributed by atoms with van der Waals surface area (Å²) in [5, 5.41) is 10.3. The number of aliphatic hydroxyl groups is 1. The molecule has 1 amide bonds. The highest BCUT2D eigenvalue weighted by atomic mass is 35.5. The fourth-order valence-electron chi connectivity index (χ4n) is 4.71. The van der Waals surface area contributed by atoms with Crippen molar-refractivity contribution in [1.29, 1.82) is 0 Å². The number of benzene rings is 2. The van der Waals surface area contributed by atoms with Crippen LogP contribution in [0.1, 0.15) is 25.0 Å². The van der Waals surface area contributed by atoms with E-state index in [1.165, 1.54) is 24.3 Å². The highest BCUT2D eigenvalue weighted by Gasteiger charge is 2.31. The van der Waals surface area contributed by atoms with Crippen molar-refractivity contribution >= 4 is 33.2 Å². The number of pyridine rings is 1. The Bertz CT molecular complexity index is 1410. The summed E-state index contributed by atoms with van der Waals surface area (Å²) in [6, 6.07) is 14.4. The number of rotatable bonds is 9. The second-order valence-corrected chi connectivity index (χ2v) is 12.4. The fraction of sp³-hybridized carbons (Fsp3) is 0.379. The van der Waals surface area contributed by atoms with E-state index in [4.69, 9.17) is 16.3 Å². The van der Waals surface area contributed by atoms with E-state index in [-0.39, 0.29) is 41.9 Å². The van der Waals surface area contributed by atoms with Crippen molar-refractivity contribution in [3.63, 3.8) is 0 Å². The second kappa shape index (κ2) is 13.0. The zero-order valence-corrected chi connectivity index (χ0v) is 24.4. The van der Waals surface area contributed by atoms with E-state index in [2.05, 4.69) is 14.6 Å². The Hall–Kier alpha value is -3.18. The lowest BCUT2D eigenvalue weighted by Gasteiger charge is -2.34. The Labute approximate surface area is 240 Å². The lowest BCUT2D eigenvalue weighted by molar-refractivity contribution is -0.134. The average Bonchev–Trinajstić information content (AvgIpc) is 2.96. The minimum absolute atomic E-state index is 0.00246. The van der Waals surface area contributed by atoms with Gasteiger partial charge in [-0.05, 0) is 74.1 Å². The molecule has 1 aliphatic rings. The molecule has 0 saturated carbocycles. The SMILES string of the molecule is C[C@H](CO)N1C[C@H](C)[C@@H](CN(C)Cc2ccncc2)Oc2ccc(NS(=O)(=O)c3ccc(Cl)cc3)cc2CC1=O. The Morgan fingerprint density at radius 1 is 1.18 bits per heavy atom. The number of nitrogens with one attached hydrogen (secondary N) is 1. The van der Waals surface area contributed by atoms with Gasteiger partial charge >= 0.3 is 0 Å². The first-order valence-electron chi connectivity index (χ1n) is 13.1. The topological polar surface area (TPSA) is 112 Å². The number of ether oxygens (including phenoxy) is 1. The van der Waals surface area contributed by atoms with Crippen LogP contribution < -0.4 is 9.46 Å². The van der Waals surface area contributed by atoms with Crippen LogP contribution in [0.25, 0.3) is 0 Å². The summed E-state index contributed by atoms with van der Waals surface area (Å²) in [6.07, 6.45) is 3.25. The van der Waals surface area contributed by atoms with Gasteiger partial charge in [-0.15, -0.1) is 0 Å². The maximum Gasteiger partial charge on any atom is 0.261 e. The predicted molar refractivity (Wildman–Crippen MR) is 155 cm³/mol. The summed E-state index contributed by atoms with van der Waals surface area (Å²) < 4.78 is 35.1. The van der Waals surface area contributed by atoms with Crippen LogP contribution in [0.2, 0.25) is 5.02 Å². The molecule has 11 heteroatoms. The van der Waals surface area contributed by atoms with Crippen molar-refractivity contribution in [1.82, 2.24) is 14.8 Å². The average molecular weight is 587 g/mol. The van der Waals surface area contributed by atoms with Crippen molar-refractivity contribution in [3.05, 3.63) is 83.1 Å². The Kier molecular flexibility index (Phi) is 9.68. The van der Waals surface area contributed by atoms with Crippen LogP contribution in [0.3, 0.4) is 0 Å². The van der Waals surface area contributed by atoms with Crippen LogP contribution in [0.15, 0.2) is 71.9 Å². The van der Waals surface area contributed by atoms with E-state index in [1.807, 2.05) is 33.0 Å². The lowest BCUT2D eigenvalue weighted by Crippen LogP contribution is -2.47. The van der Waals surface area contributed by atoms with Gasteiger partial charge in [-0.1, -0.05) is 18.5 Å². The molecule has 2 N–H and O–H groups in total. The minimum Gasteiger partial charge on any atom is -0.488 e. The van der Waals surface area contributed by atoms with Gasteiger partial charge in [0.05, 0.1) is 24.0 Å². The summed E-state index contributed by atoms with van der Waals surface area (Å²) in [5.74, 6) is 0.309. The number of fused-ring (bicyclic) bond motifs is 1. The molecule has 40 heavy (non-hydrogen) atoms. The molecule has 0 aliphatic carbocycles. The molecule has 1 aromatic heterocycles. The van der Waals surface area contributed by atoms with E-state index in [0.717, 1.165) is 5.56 Å². The van der Waals surface area contributed by atoms with Crippen molar-refractivity contribution < 1.29 is 23.1 Å². The number of hydrogen-bond acceptors (Lipinski definition) is 7. The van der Waals surface area contributed by atoms with Crippen molar-refractivity contribution in [3.8, 4) is 5.75 Å². The molecular formula is C29H35ClN4O5S. The van der Waals surface area contributed by atoms with E-state index in [9.17, 15) is 18.3 Å². The van der Waals surface area contributed by atoms with Gasteiger partial charge in [-0.2, -0.15) is 0 Å². The normalized spacial score (nSPS) is 18.8. The molecule has 4 rings (SSSR count). The van der Waals surface area contributed by atoms with Crippen LogP contribution in [0, 0.1) is 5.92 Å². The van der Waals surface area contributed by atoms with Gasteiger partial charge in [-0.25, -0.2) is 8.42 Å². The molecule has 0 spiro atoms. The van der Waals surface area contributed by atoms with Gasteiger partial charge in [0, 0.05) is 54.2 Å². The molecule has 1 aliphatic heterocycles. The number of carbonyl (C=O) groups excluding carboxylic acids is 1. The van der Waals surface area contributed by atoms with Gasteiger partial charge in [0.15, 0.2) is 0 Å². The Morgan fingerprint density at radius 3 is 2.55 bits per heavy atom. The maximum absolute atomic E-state index is 13.4. The number of hydrogen-bond donors (Lipinski definition) is 2. The van der Waals surface area contributed by atoms with Crippen LogP contribution in [-0.4, -0.2) is 73.1 Å². The van der Waals surface area contributed by atoms with Gasteiger partial charge in [-0.3, -0.25) is 19.4 Å². The molecule has 0 radical (unpaired) electrons. The van der Waals surface area contributed by atoms with Gasteiger partial charge in [0.25, 0.3) is 10.0 Å². The number of carbonyl (C=O) groups is 1. The summed E-state index contributed by atoms with van der Waals surface area (Å²) in [5.41, 5.74) is 2.00. The first-order valence-corrected chi connectivity index (χ1v) is 15.0. The quantitative estimate of drug-likeness (QED) is 0.392. The Balaban J connectivity index is 1.63. The second-order valence-electron chi connectivity index (χ2n) is 10.3. The number of aromatic nitrogens is 1. The number of sulfonamides is 1. The van der Waals surface area contributed by atoms with Crippen molar-refractivity contribution in [2.45, 2.75) is 43.9 Å². The highest BCUT2D eigenvalue weighted by molar-refractivity contribution is 7.92. The van der Waals surface area contributed by atoms with Crippen LogP contribution in [0.5, 0.6) is 5.75 Å². The molecule has 0 fully saturated rings. The number of halogens is 1. The molecule has 0 unspecified atom stereocenters. The molecular weight excluding hydrogens is 552 g/mol. The van der Waals surface area contributed by atoms with Crippen molar-refractivity contribution in [2.24, 2.45) is 5.92 Å². The third kappa shape index (κ3) is 7.51. The van der Waals surface area contributed by atoms with Crippen LogP contribution in [0.4, 0.5) is 5.69 Å². The largest absolute Gasteiger partial charge is 0.488 e. The fourth-order valence-corrected chi connectivity index (χ4v) is 5.89. The number of anilines is 1.